The molecule has 0 radical (unpaired) electrons. The molecule has 0 bridgehead atoms. The number of anilines is 2. The van der Waals surface area contributed by atoms with Gasteiger partial charge in [0.05, 0.1) is 18.2 Å². The summed E-state index contributed by atoms with van der Waals surface area (Å²) in [6.07, 6.45) is 0.630. The van der Waals surface area contributed by atoms with Crippen LogP contribution in [-0.2, 0) is 16.5 Å². The predicted octanol–water partition coefficient (Wildman–Crippen LogP) is 2.63. The van der Waals surface area contributed by atoms with Gasteiger partial charge in [-0.05, 0) is 43.9 Å². The number of rotatable bonds is 5. The highest BCUT2D eigenvalue weighted by Crippen LogP contribution is 2.22. The molecule has 2 aromatic rings. The number of halogens is 1. The van der Waals surface area contributed by atoms with E-state index in [0.717, 1.165) is 0 Å². The first-order chi connectivity index (χ1) is 11.3. The monoisotopic (exact) mass is 388 g/mol. The number of nitrogens with one attached hydrogen (secondary N) is 1. The summed E-state index contributed by atoms with van der Waals surface area (Å²) in [5, 5.41) is 7.98. The smallest absolute Gasteiger partial charge is 0.209 e. The van der Waals surface area contributed by atoms with E-state index in [1.54, 1.807) is 16.8 Å². The van der Waals surface area contributed by atoms with E-state index in [2.05, 4.69) is 10.4 Å². The molecular formula is C14H17FN4O2S3. The summed E-state index contributed by atoms with van der Waals surface area (Å²) in [7, 11) is -1.06. The molecule has 130 valence electrons. The van der Waals surface area contributed by atoms with E-state index in [1.165, 1.54) is 23.5 Å². The summed E-state index contributed by atoms with van der Waals surface area (Å²) >= 11 is 6.60. The topological polar surface area (TPSA) is 67.2 Å². The van der Waals surface area contributed by atoms with Crippen molar-refractivity contribution in [3.05, 3.63) is 34.0 Å². The molecule has 1 unspecified atom stereocenters. The zero-order chi connectivity index (χ0) is 17.3. The van der Waals surface area contributed by atoms with E-state index >= 15 is 0 Å². The Balaban J connectivity index is 1.69. The number of nitrogens with zero attached hydrogens (tertiary/aromatic N) is 3. The lowest BCUT2D eigenvalue weighted by Crippen LogP contribution is -2.34. The van der Waals surface area contributed by atoms with E-state index in [9.17, 15) is 12.8 Å². The van der Waals surface area contributed by atoms with E-state index in [0.29, 0.717) is 27.9 Å². The standard InChI is InChI=1S/C14H17FN4O2S3/c1-18(12-5-6-24(20,21)8-12)9-19-14(22)23-13(17-19)16-11-4-2-3-10(15)7-11/h2-4,7,12H,5-6,8-9H2,1H3,(H,16,17). The molecule has 1 aliphatic heterocycles. The molecule has 0 aliphatic carbocycles. The van der Waals surface area contributed by atoms with Gasteiger partial charge in [-0.15, -0.1) is 5.10 Å². The molecule has 10 heteroatoms. The molecule has 3 rings (SSSR count). The van der Waals surface area contributed by atoms with Crippen LogP contribution in [0.15, 0.2) is 24.3 Å². The summed E-state index contributed by atoms with van der Waals surface area (Å²) in [5.41, 5.74) is 0.598. The third-order valence-electron chi connectivity index (χ3n) is 3.87. The van der Waals surface area contributed by atoms with Gasteiger partial charge in [-0.2, -0.15) is 0 Å². The Morgan fingerprint density at radius 3 is 3.00 bits per heavy atom. The molecule has 0 saturated carbocycles. The first-order valence-corrected chi connectivity index (χ1v) is 10.4. The highest BCUT2D eigenvalue weighted by molar-refractivity contribution is 7.91. The van der Waals surface area contributed by atoms with Gasteiger partial charge in [-0.25, -0.2) is 17.5 Å². The van der Waals surface area contributed by atoms with Crippen molar-refractivity contribution < 1.29 is 12.8 Å². The molecule has 1 aromatic heterocycles. The van der Waals surface area contributed by atoms with Crippen molar-refractivity contribution in [2.75, 3.05) is 23.9 Å². The zero-order valence-electron chi connectivity index (χ0n) is 13.0. The minimum absolute atomic E-state index is 0.0155. The van der Waals surface area contributed by atoms with Gasteiger partial charge >= 0.3 is 0 Å². The van der Waals surface area contributed by atoms with Crippen LogP contribution in [0.2, 0.25) is 0 Å². The highest BCUT2D eigenvalue weighted by Gasteiger charge is 2.30. The molecule has 1 saturated heterocycles. The highest BCUT2D eigenvalue weighted by atomic mass is 32.2. The van der Waals surface area contributed by atoms with Crippen LogP contribution in [0.25, 0.3) is 0 Å². The van der Waals surface area contributed by atoms with Crippen molar-refractivity contribution in [1.82, 2.24) is 14.7 Å². The number of benzene rings is 1. The Hall–Kier alpha value is -1.36. The quantitative estimate of drug-likeness (QED) is 0.795. The van der Waals surface area contributed by atoms with Gasteiger partial charge in [0, 0.05) is 11.7 Å². The number of hydrogen-bond donors (Lipinski definition) is 1. The Labute approximate surface area is 148 Å². The minimum Gasteiger partial charge on any atom is -0.330 e. The van der Waals surface area contributed by atoms with Gasteiger partial charge in [0.2, 0.25) is 5.13 Å². The average Bonchev–Trinajstić information content (AvgIpc) is 3.02. The maximum Gasteiger partial charge on any atom is 0.209 e. The zero-order valence-corrected chi connectivity index (χ0v) is 15.4. The maximum atomic E-state index is 13.2. The fourth-order valence-corrected chi connectivity index (χ4v) is 5.40. The van der Waals surface area contributed by atoms with Gasteiger partial charge in [-0.3, -0.25) is 4.90 Å². The Kier molecular flexibility index (Phi) is 5.00. The molecule has 1 fully saturated rings. The minimum atomic E-state index is -2.93. The lowest BCUT2D eigenvalue weighted by Gasteiger charge is -2.22. The maximum absolute atomic E-state index is 13.2. The SMILES string of the molecule is CN(Cn1nc(Nc2cccc(F)c2)sc1=S)C1CCS(=O)(=O)C1. The van der Waals surface area contributed by atoms with Gasteiger partial charge < -0.3 is 5.32 Å². The largest absolute Gasteiger partial charge is 0.330 e. The van der Waals surface area contributed by atoms with Crippen LogP contribution in [0.3, 0.4) is 0 Å². The average molecular weight is 389 g/mol. The first kappa shape index (κ1) is 17.5. The van der Waals surface area contributed by atoms with Crippen LogP contribution in [0, 0.1) is 9.77 Å². The molecule has 1 atom stereocenters. The molecule has 1 N–H and O–H groups in total. The second-order valence-corrected chi connectivity index (χ2v) is 9.61. The Bertz CT molecular complexity index is 893. The molecule has 1 aromatic carbocycles. The van der Waals surface area contributed by atoms with Crippen molar-refractivity contribution in [3.63, 3.8) is 0 Å². The van der Waals surface area contributed by atoms with E-state index in [1.807, 2.05) is 11.9 Å². The van der Waals surface area contributed by atoms with Gasteiger partial charge in [0.25, 0.3) is 0 Å². The van der Waals surface area contributed by atoms with Crippen LogP contribution < -0.4 is 5.32 Å². The summed E-state index contributed by atoms with van der Waals surface area (Å²) in [6, 6.07) is 6.09. The van der Waals surface area contributed by atoms with E-state index in [4.69, 9.17) is 12.2 Å². The van der Waals surface area contributed by atoms with Crippen molar-refractivity contribution >= 4 is 44.2 Å². The molecule has 24 heavy (non-hydrogen) atoms. The van der Waals surface area contributed by atoms with Crippen LogP contribution in [0.1, 0.15) is 6.42 Å². The normalized spacial score (nSPS) is 19.7. The third kappa shape index (κ3) is 4.18. The second-order valence-electron chi connectivity index (χ2n) is 5.76. The lowest BCUT2D eigenvalue weighted by atomic mass is 10.2. The summed E-state index contributed by atoms with van der Waals surface area (Å²) in [5.74, 6) is 0.0804. The van der Waals surface area contributed by atoms with E-state index in [-0.39, 0.29) is 23.4 Å². The molecule has 6 nitrogen and oxygen atoms in total. The fraction of sp³-hybridized carbons (Fsp3) is 0.429. The summed E-state index contributed by atoms with van der Waals surface area (Å²) in [4.78, 5) is 1.95. The molecule has 1 aliphatic rings. The molecule has 0 amide bonds. The van der Waals surface area contributed by atoms with Crippen molar-refractivity contribution in [2.24, 2.45) is 0 Å². The van der Waals surface area contributed by atoms with Gasteiger partial charge in [-0.1, -0.05) is 17.4 Å². The Morgan fingerprint density at radius 2 is 2.33 bits per heavy atom. The number of hydrogen-bond acceptors (Lipinski definition) is 7. The van der Waals surface area contributed by atoms with Crippen molar-refractivity contribution in [1.29, 1.82) is 0 Å². The molecule has 2 heterocycles. The molecular weight excluding hydrogens is 371 g/mol. The van der Waals surface area contributed by atoms with Crippen LogP contribution >= 0.6 is 23.6 Å². The van der Waals surface area contributed by atoms with Crippen LogP contribution in [0.5, 0.6) is 0 Å². The first-order valence-electron chi connectivity index (χ1n) is 7.33. The fourth-order valence-electron chi connectivity index (χ4n) is 2.59. The van der Waals surface area contributed by atoms with Gasteiger partial charge in [0.15, 0.2) is 13.8 Å². The second kappa shape index (κ2) is 6.87. The van der Waals surface area contributed by atoms with Crippen LogP contribution in [-0.4, -0.2) is 47.7 Å². The van der Waals surface area contributed by atoms with Crippen LogP contribution in [0.4, 0.5) is 15.2 Å². The summed E-state index contributed by atoms with van der Waals surface area (Å²) < 4.78 is 38.6. The summed E-state index contributed by atoms with van der Waals surface area (Å²) in [6.45, 7) is 0.417. The van der Waals surface area contributed by atoms with Crippen molar-refractivity contribution in [3.8, 4) is 0 Å². The third-order valence-corrected chi connectivity index (χ3v) is 6.84. The molecule has 0 spiro atoms. The number of sulfone groups is 1. The predicted molar refractivity (Wildman–Crippen MR) is 95.4 cm³/mol. The van der Waals surface area contributed by atoms with Gasteiger partial charge in [0.1, 0.15) is 5.82 Å². The van der Waals surface area contributed by atoms with Crippen molar-refractivity contribution in [2.45, 2.75) is 19.1 Å². The Morgan fingerprint density at radius 1 is 1.54 bits per heavy atom. The number of aromatic nitrogens is 2. The lowest BCUT2D eigenvalue weighted by molar-refractivity contribution is 0.198. The van der Waals surface area contributed by atoms with E-state index < -0.39 is 9.84 Å².